The molecule has 0 atom stereocenters. The van der Waals surface area contributed by atoms with E-state index in [1.165, 1.54) is 4.90 Å². The Morgan fingerprint density at radius 2 is 1.89 bits per heavy atom. The van der Waals surface area contributed by atoms with Gasteiger partial charge in [0, 0.05) is 13.1 Å². The number of rotatable bonds is 7. The number of amides is 2. The van der Waals surface area contributed by atoms with E-state index in [1.807, 2.05) is 6.07 Å². The van der Waals surface area contributed by atoms with Crippen molar-refractivity contribution >= 4 is 12.0 Å². The van der Waals surface area contributed by atoms with E-state index in [4.69, 9.17) is 5.26 Å². The Labute approximate surface area is 108 Å². The van der Waals surface area contributed by atoms with Crippen LogP contribution in [0.2, 0.25) is 0 Å². The molecule has 0 aromatic heterocycles. The minimum Gasteiger partial charge on any atom is -0.480 e. The molecule has 0 aliphatic rings. The van der Waals surface area contributed by atoms with Crippen molar-refractivity contribution in [3.8, 4) is 6.07 Å². The molecule has 0 rings (SSSR count). The van der Waals surface area contributed by atoms with Crippen LogP contribution in [0.4, 0.5) is 4.79 Å². The van der Waals surface area contributed by atoms with Gasteiger partial charge in [0.15, 0.2) is 0 Å². The van der Waals surface area contributed by atoms with Crippen LogP contribution in [0.15, 0.2) is 0 Å². The Morgan fingerprint density at radius 1 is 1.33 bits per heavy atom. The summed E-state index contributed by atoms with van der Waals surface area (Å²) in [5.74, 6) is -1.03. The molecule has 0 radical (unpaired) electrons. The van der Waals surface area contributed by atoms with Gasteiger partial charge in [-0.25, -0.2) is 9.59 Å². The maximum atomic E-state index is 12.0. The number of nitriles is 1. The summed E-state index contributed by atoms with van der Waals surface area (Å²) in [7, 11) is 0. The first-order valence-electron chi connectivity index (χ1n) is 6.14. The van der Waals surface area contributed by atoms with E-state index >= 15 is 0 Å². The van der Waals surface area contributed by atoms with E-state index < -0.39 is 17.5 Å². The van der Waals surface area contributed by atoms with Crippen LogP contribution in [0.5, 0.6) is 0 Å². The van der Waals surface area contributed by atoms with E-state index in [0.29, 0.717) is 25.9 Å². The molecule has 0 unspecified atom stereocenters. The zero-order chi connectivity index (χ0) is 14.2. The molecule has 0 fully saturated rings. The summed E-state index contributed by atoms with van der Waals surface area (Å²) in [6, 6.07) is 1.53. The lowest BCUT2D eigenvalue weighted by Gasteiger charge is -2.31. The van der Waals surface area contributed by atoms with Crippen LogP contribution in [-0.2, 0) is 4.79 Å². The second-order valence-electron chi connectivity index (χ2n) is 4.01. The maximum absolute atomic E-state index is 12.0. The van der Waals surface area contributed by atoms with Crippen LogP contribution in [-0.4, -0.2) is 40.6 Å². The number of hydrogen-bond acceptors (Lipinski definition) is 3. The fourth-order valence-electron chi connectivity index (χ4n) is 1.65. The summed E-state index contributed by atoms with van der Waals surface area (Å²) < 4.78 is 0. The third kappa shape index (κ3) is 3.91. The van der Waals surface area contributed by atoms with Gasteiger partial charge in [0.1, 0.15) is 5.54 Å². The summed E-state index contributed by atoms with van der Waals surface area (Å²) in [5.41, 5.74) is -1.23. The average Bonchev–Trinajstić information content (AvgIpc) is 2.36. The zero-order valence-corrected chi connectivity index (χ0v) is 11.2. The third-order valence-corrected chi connectivity index (χ3v) is 3.13. The summed E-state index contributed by atoms with van der Waals surface area (Å²) in [6.07, 6.45) is 0.875. The van der Waals surface area contributed by atoms with Gasteiger partial charge in [-0.1, -0.05) is 13.8 Å². The molecule has 0 aliphatic carbocycles. The highest BCUT2D eigenvalue weighted by molar-refractivity contribution is 5.86. The van der Waals surface area contributed by atoms with Crippen molar-refractivity contribution in [3.05, 3.63) is 0 Å². The van der Waals surface area contributed by atoms with Crippen LogP contribution in [0.25, 0.3) is 0 Å². The van der Waals surface area contributed by atoms with Crippen LogP contribution >= 0.6 is 0 Å². The van der Waals surface area contributed by atoms with Gasteiger partial charge in [-0.2, -0.15) is 5.26 Å². The summed E-state index contributed by atoms with van der Waals surface area (Å²) in [4.78, 5) is 24.7. The highest BCUT2D eigenvalue weighted by atomic mass is 16.4. The minimum absolute atomic E-state index is 0.236. The molecular weight excluding hydrogens is 234 g/mol. The van der Waals surface area contributed by atoms with Gasteiger partial charge in [0.25, 0.3) is 0 Å². The third-order valence-electron chi connectivity index (χ3n) is 3.13. The quantitative estimate of drug-likeness (QED) is 0.722. The number of carboxylic acid groups (broad SMARTS) is 1. The lowest BCUT2D eigenvalue weighted by atomic mass is 9.93. The van der Waals surface area contributed by atoms with Gasteiger partial charge in [-0.15, -0.1) is 0 Å². The van der Waals surface area contributed by atoms with Crippen molar-refractivity contribution < 1.29 is 14.7 Å². The van der Waals surface area contributed by atoms with Crippen molar-refractivity contribution in [1.82, 2.24) is 10.2 Å². The Morgan fingerprint density at radius 3 is 2.22 bits per heavy atom. The lowest BCUT2D eigenvalue weighted by Crippen LogP contribution is -2.57. The molecule has 0 heterocycles. The first-order valence-corrected chi connectivity index (χ1v) is 6.14. The highest BCUT2D eigenvalue weighted by Crippen LogP contribution is 2.16. The van der Waals surface area contributed by atoms with Crippen molar-refractivity contribution in [3.63, 3.8) is 0 Å². The molecule has 2 amide bonds. The monoisotopic (exact) mass is 255 g/mol. The smallest absolute Gasteiger partial charge is 0.329 e. The number of carboxylic acids is 1. The van der Waals surface area contributed by atoms with Crippen LogP contribution in [0.3, 0.4) is 0 Å². The molecule has 0 aromatic carbocycles. The van der Waals surface area contributed by atoms with Gasteiger partial charge in [0.2, 0.25) is 0 Å². The van der Waals surface area contributed by atoms with E-state index in [1.54, 1.807) is 20.8 Å². The molecule has 102 valence electrons. The molecule has 2 N–H and O–H groups in total. The second kappa shape index (κ2) is 7.54. The van der Waals surface area contributed by atoms with Gasteiger partial charge in [0.05, 0.1) is 12.5 Å². The average molecular weight is 255 g/mol. The Hall–Kier alpha value is -1.77. The van der Waals surface area contributed by atoms with Gasteiger partial charge in [-0.3, -0.25) is 0 Å². The van der Waals surface area contributed by atoms with Crippen molar-refractivity contribution in [2.45, 2.75) is 45.6 Å². The SMILES string of the molecule is CCN(CCC#N)C(=O)NC(CC)(CC)C(=O)O. The van der Waals surface area contributed by atoms with Crippen LogP contribution < -0.4 is 5.32 Å². The predicted molar refractivity (Wildman–Crippen MR) is 67.0 cm³/mol. The molecular formula is C12H21N3O3. The van der Waals surface area contributed by atoms with E-state index in [-0.39, 0.29) is 6.42 Å². The van der Waals surface area contributed by atoms with Crippen molar-refractivity contribution in [1.29, 1.82) is 5.26 Å². The Balaban J connectivity index is 4.78. The number of nitrogens with one attached hydrogen (secondary N) is 1. The first kappa shape index (κ1) is 16.2. The Kier molecular flexibility index (Phi) is 6.79. The molecule has 6 heteroatoms. The van der Waals surface area contributed by atoms with Crippen LogP contribution in [0, 0.1) is 11.3 Å². The zero-order valence-electron chi connectivity index (χ0n) is 11.2. The number of carbonyl (C=O) groups excluding carboxylic acids is 1. The normalized spacial score (nSPS) is 10.6. The first-order chi connectivity index (χ1) is 8.47. The number of urea groups is 1. The lowest BCUT2D eigenvalue weighted by molar-refractivity contribution is -0.144. The Bertz CT molecular complexity index is 332. The number of nitrogens with zero attached hydrogens (tertiary/aromatic N) is 2. The van der Waals surface area contributed by atoms with Crippen molar-refractivity contribution in [2.75, 3.05) is 13.1 Å². The molecule has 0 bridgehead atoms. The van der Waals surface area contributed by atoms with Crippen LogP contribution in [0.1, 0.15) is 40.0 Å². The summed E-state index contributed by atoms with van der Waals surface area (Å²) in [6.45, 7) is 5.99. The molecule has 0 saturated heterocycles. The maximum Gasteiger partial charge on any atom is 0.329 e. The number of aliphatic carboxylic acids is 1. The van der Waals surface area contributed by atoms with Crippen molar-refractivity contribution in [2.24, 2.45) is 0 Å². The van der Waals surface area contributed by atoms with Gasteiger partial charge in [-0.05, 0) is 19.8 Å². The minimum atomic E-state index is -1.23. The molecule has 0 aliphatic heterocycles. The summed E-state index contributed by atoms with van der Waals surface area (Å²) in [5, 5.41) is 20.3. The molecule has 18 heavy (non-hydrogen) atoms. The molecule has 0 saturated carbocycles. The second-order valence-corrected chi connectivity index (χ2v) is 4.01. The van der Waals surface area contributed by atoms with E-state index in [9.17, 15) is 14.7 Å². The fraction of sp³-hybridized carbons (Fsp3) is 0.750. The molecule has 6 nitrogen and oxygen atoms in total. The predicted octanol–water partition coefficient (Wildman–Crippen LogP) is 1.57. The molecule has 0 aromatic rings. The van der Waals surface area contributed by atoms with E-state index in [0.717, 1.165) is 0 Å². The van der Waals surface area contributed by atoms with Gasteiger partial charge >= 0.3 is 12.0 Å². The number of carbonyl (C=O) groups is 2. The molecule has 0 spiro atoms. The standard InChI is InChI=1S/C12H21N3O3/c1-4-12(5-2,10(16)17)14-11(18)15(6-3)9-7-8-13/h4-7,9H2,1-3H3,(H,14,18)(H,16,17). The van der Waals surface area contributed by atoms with E-state index in [2.05, 4.69) is 5.32 Å². The topological polar surface area (TPSA) is 93.4 Å². The largest absolute Gasteiger partial charge is 0.480 e. The highest BCUT2D eigenvalue weighted by Gasteiger charge is 2.37. The van der Waals surface area contributed by atoms with Gasteiger partial charge < -0.3 is 15.3 Å². The fourth-order valence-corrected chi connectivity index (χ4v) is 1.65. The summed E-state index contributed by atoms with van der Waals surface area (Å²) >= 11 is 0. The number of hydrogen-bond donors (Lipinski definition) is 2.